The zero-order chi connectivity index (χ0) is 17.8. The lowest BCUT2D eigenvalue weighted by Gasteiger charge is -2.16. The number of benzene rings is 3. The lowest BCUT2D eigenvalue weighted by molar-refractivity contribution is 0.409. The van der Waals surface area contributed by atoms with Crippen LogP contribution in [0.25, 0.3) is 0 Å². The van der Waals surface area contributed by atoms with Crippen molar-refractivity contribution in [2.45, 2.75) is 6.04 Å². The van der Waals surface area contributed by atoms with E-state index in [-0.39, 0.29) is 6.04 Å². The van der Waals surface area contributed by atoms with Crippen molar-refractivity contribution in [3.05, 3.63) is 96.1 Å². The zero-order valence-electron chi connectivity index (χ0n) is 14.5. The molecule has 0 fully saturated rings. The Hall–Kier alpha value is -3.40. The third kappa shape index (κ3) is 3.22. The molecule has 4 heteroatoms. The van der Waals surface area contributed by atoms with E-state index >= 15 is 0 Å². The summed E-state index contributed by atoms with van der Waals surface area (Å²) in [5.74, 6) is 2.32. The maximum absolute atomic E-state index is 5.55. The predicted molar refractivity (Wildman–Crippen MR) is 106 cm³/mol. The number of anilines is 1. The molecule has 0 saturated heterocycles. The Labute approximate surface area is 152 Å². The Balaban J connectivity index is 1.76. The molecule has 0 bridgehead atoms. The molecule has 0 spiro atoms. The van der Waals surface area contributed by atoms with Gasteiger partial charge in [-0.1, -0.05) is 66.7 Å². The molecule has 1 aliphatic heterocycles. The first-order valence-electron chi connectivity index (χ1n) is 8.52. The number of methoxy groups -OCH3 is 1. The Morgan fingerprint density at radius 2 is 1.46 bits per heavy atom. The zero-order valence-corrected chi connectivity index (χ0v) is 14.5. The first-order chi connectivity index (χ1) is 12.8. The van der Waals surface area contributed by atoms with Crippen LogP contribution in [0.2, 0.25) is 0 Å². The van der Waals surface area contributed by atoms with Gasteiger partial charge < -0.3 is 10.1 Å². The predicted octanol–water partition coefficient (Wildman–Crippen LogP) is 4.71. The van der Waals surface area contributed by atoms with Gasteiger partial charge in [0.25, 0.3) is 0 Å². The first kappa shape index (κ1) is 16.1. The number of nitrogens with one attached hydrogen (secondary N) is 1. The van der Waals surface area contributed by atoms with E-state index in [4.69, 9.17) is 14.7 Å². The third-order valence-corrected chi connectivity index (χ3v) is 4.25. The van der Waals surface area contributed by atoms with E-state index in [2.05, 4.69) is 5.32 Å². The summed E-state index contributed by atoms with van der Waals surface area (Å²) in [6.07, 6.45) is 0. The van der Waals surface area contributed by atoms with E-state index in [0.717, 1.165) is 34.2 Å². The van der Waals surface area contributed by atoms with Crippen molar-refractivity contribution in [2.75, 3.05) is 12.4 Å². The average Bonchev–Trinajstić information content (AvgIpc) is 3.13. The Kier molecular flexibility index (Phi) is 4.48. The minimum absolute atomic E-state index is 0.235. The molecule has 1 unspecified atom stereocenters. The highest BCUT2D eigenvalue weighted by Crippen LogP contribution is 2.33. The van der Waals surface area contributed by atoms with E-state index in [0.29, 0.717) is 0 Å². The number of hydrogen-bond donors (Lipinski definition) is 1. The molecule has 0 radical (unpaired) electrons. The molecular formula is C22H19N3O. The third-order valence-electron chi connectivity index (χ3n) is 4.25. The van der Waals surface area contributed by atoms with Crippen LogP contribution >= 0.6 is 0 Å². The minimum atomic E-state index is -0.235. The number of amidine groups is 2. The van der Waals surface area contributed by atoms with Crippen LogP contribution < -0.4 is 10.1 Å². The average molecular weight is 341 g/mol. The molecule has 26 heavy (non-hydrogen) atoms. The number of aliphatic imine (C=N–C) groups is 2. The van der Waals surface area contributed by atoms with Gasteiger partial charge in [0.1, 0.15) is 17.6 Å². The fraction of sp³-hybridized carbons (Fsp3) is 0.0909. The van der Waals surface area contributed by atoms with E-state index in [1.54, 1.807) is 7.11 Å². The van der Waals surface area contributed by atoms with Gasteiger partial charge in [-0.3, -0.25) is 0 Å². The quantitative estimate of drug-likeness (QED) is 0.747. The summed E-state index contributed by atoms with van der Waals surface area (Å²) in [6, 6.07) is 27.7. The topological polar surface area (TPSA) is 46.0 Å². The van der Waals surface area contributed by atoms with Gasteiger partial charge >= 0.3 is 0 Å². The molecule has 1 aliphatic rings. The monoisotopic (exact) mass is 341 g/mol. The highest BCUT2D eigenvalue weighted by atomic mass is 16.5. The van der Waals surface area contributed by atoms with Gasteiger partial charge in [-0.05, 0) is 18.2 Å². The highest BCUT2D eigenvalue weighted by Gasteiger charge is 2.27. The maximum atomic E-state index is 5.55. The van der Waals surface area contributed by atoms with Gasteiger partial charge in [-0.15, -0.1) is 0 Å². The van der Waals surface area contributed by atoms with Crippen LogP contribution in [0.4, 0.5) is 5.69 Å². The van der Waals surface area contributed by atoms with Crippen molar-refractivity contribution in [1.29, 1.82) is 0 Å². The number of para-hydroxylation sites is 2. The smallest absolute Gasteiger partial charge is 0.157 e. The van der Waals surface area contributed by atoms with Gasteiger partial charge in [-0.2, -0.15) is 0 Å². The Morgan fingerprint density at radius 3 is 2.19 bits per heavy atom. The Morgan fingerprint density at radius 1 is 0.808 bits per heavy atom. The maximum Gasteiger partial charge on any atom is 0.157 e. The second kappa shape index (κ2) is 7.23. The molecule has 1 N–H and O–H groups in total. The van der Waals surface area contributed by atoms with E-state index < -0.39 is 0 Å². The fourth-order valence-corrected chi connectivity index (χ4v) is 2.99. The van der Waals surface area contributed by atoms with Crippen molar-refractivity contribution >= 4 is 17.4 Å². The van der Waals surface area contributed by atoms with Crippen LogP contribution in [0.15, 0.2) is 94.9 Å². The molecule has 3 aromatic carbocycles. The summed E-state index contributed by atoms with van der Waals surface area (Å²) in [7, 11) is 1.68. The fourth-order valence-electron chi connectivity index (χ4n) is 2.99. The lowest BCUT2D eigenvalue weighted by Crippen LogP contribution is -2.18. The van der Waals surface area contributed by atoms with Crippen LogP contribution in [0.1, 0.15) is 17.2 Å². The van der Waals surface area contributed by atoms with Crippen molar-refractivity contribution in [3.63, 3.8) is 0 Å². The molecule has 4 rings (SSSR count). The van der Waals surface area contributed by atoms with Gasteiger partial charge in [0.2, 0.25) is 0 Å². The van der Waals surface area contributed by atoms with Gasteiger partial charge in [-0.25, -0.2) is 9.98 Å². The van der Waals surface area contributed by atoms with Crippen LogP contribution in [-0.4, -0.2) is 18.8 Å². The van der Waals surface area contributed by atoms with Crippen LogP contribution in [0.3, 0.4) is 0 Å². The van der Waals surface area contributed by atoms with E-state index in [9.17, 15) is 0 Å². The van der Waals surface area contributed by atoms with Gasteiger partial charge in [0.05, 0.1) is 7.11 Å². The summed E-state index contributed by atoms with van der Waals surface area (Å²) in [5.41, 5.74) is 2.97. The van der Waals surface area contributed by atoms with Crippen molar-refractivity contribution in [2.24, 2.45) is 9.98 Å². The highest BCUT2D eigenvalue weighted by molar-refractivity contribution is 6.16. The second-order valence-corrected chi connectivity index (χ2v) is 5.95. The second-order valence-electron chi connectivity index (χ2n) is 5.95. The summed E-state index contributed by atoms with van der Waals surface area (Å²) < 4.78 is 5.55. The lowest BCUT2D eigenvalue weighted by atomic mass is 10.1. The normalized spacial score (nSPS) is 16.0. The van der Waals surface area contributed by atoms with Gasteiger partial charge in [0, 0.05) is 16.8 Å². The number of ether oxygens (including phenoxy) is 1. The first-order valence-corrected chi connectivity index (χ1v) is 8.52. The molecule has 0 aliphatic carbocycles. The van der Waals surface area contributed by atoms with Crippen molar-refractivity contribution < 1.29 is 4.74 Å². The summed E-state index contributed by atoms with van der Waals surface area (Å²) in [6.45, 7) is 0. The minimum Gasteiger partial charge on any atom is -0.496 e. The number of rotatable bonds is 4. The SMILES string of the molecule is COc1ccccc1C1N=C(c2ccccc2)N=C1Nc1ccccc1. The molecule has 0 aromatic heterocycles. The van der Waals surface area contributed by atoms with Gasteiger partial charge in [0.15, 0.2) is 5.84 Å². The molecule has 3 aromatic rings. The number of nitrogens with zero attached hydrogens (tertiary/aromatic N) is 2. The summed E-state index contributed by atoms with van der Waals surface area (Å²) >= 11 is 0. The molecule has 128 valence electrons. The molecule has 4 nitrogen and oxygen atoms in total. The summed E-state index contributed by atoms with van der Waals surface area (Å²) in [4.78, 5) is 9.67. The standard InChI is InChI=1S/C22H19N3O/c1-26-19-15-9-8-14-18(19)20-22(23-17-12-6-3-7-13-17)25-21(24-20)16-10-4-2-5-11-16/h2-15,20H,1H3,(H,23,24,25). The Bertz CT molecular complexity index is 949. The molecule has 0 amide bonds. The van der Waals surface area contributed by atoms with Crippen molar-refractivity contribution in [3.8, 4) is 5.75 Å². The van der Waals surface area contributed by atoms with Crippen LogP contribution in [0.5, 0.6) is 5.75 Å². The van der Waals surface area contributed by atoms with E-state index in [1.165, 1.54) is 0 Å². The van der Waals surface area contributed by atoms with Crippen LogP contribution in [0, 0.1) is 0 Å². The van der Waals surface area contributed by atoms with Crippen LogP contribution in [-0.2, 0) is 0 Å². The number of hydrogen-bond acceptors (Lipinski definition) is 4. The largest absolute Gasteiger partial charge is 0.496 e. The van der Waals surface area contributed by atoms with E-state index in [1.807, 2.05) is 84.9 Å². The summed E-state index contributed by atoms with van der Waals surface area (Å²) in [5, 5.41) is 3.42. The molecule has 1 atom stereocenters. The molecule has 0 saturated carbocycles. The molecule has 1 heterocycles. The molecular weight excluding hydrogens is 322 g/mol. The van der Waals surface area contributed by atoms with Crippen molar-refractivity contribution in [1.82, 2.24) is 0 Å².